The van der Waals surface area contributed by atoms with Crippen molar-refractivity contribution >= 4 is 17.1 Å². The first kappa shape index (κ1) is 13.2. The molecule has 0 saturated carbocycles. The van der Waals surface area contributed by atoms with E-state index in [0.29, 0.717) is 5.57 Å². The van der Waals surface area contributed by atoms with Gasteiger partial charge in [0.05, 0.1) is 0 Å². The molecule has 2 rings (SSSR count). The molecular formula is C17H16O2. The predicted octanol–water partition coefficient (Wildman–Crippen LogP) is 3.29. The molecule has 0 N–H and O–H groups in total. The topological polar surface area (TPSA) is 34.1 Å². The van der Waals surface area contributed by atoms with E-state index in [1.165, 1.54) is 23.8 Å². The summed E-state index contributed by atoms with van der Waals surface area (Å²) in [4.78, 5) is 23.4. The lowest BCUT2D eigenvalue weighted by atomic mass is 9.91. The van der Waals surface area contributed by atoms with E-state index in [4.69, 9.17) is 0 Å². The first-order valence-corrected chi connectivity index (χ1v) is 6.27. The molecule has 0 atom stereocenters. The molecule has 1 aromatic carbocycles. The van der Waals surface area contributed by atoms with E-state index in [0.717, 1.165) is 17.5 Å². The normalized spacial score (nSPS) is 14.3. The zero-order valence-corrected chi connectivity index (χ0v) is 11.1. The zero-order valence-electron chi connectivity index (χ0n) is 11.1. The summed E-state index contributed by atoms with van der Waals surface area (Å²) in [5.41, 5.74) is 3.63. The van der Waals surface area contributed by atoms with Crippen LogP contribution in [0.2, 0.25) is 0 Å². The summed E-state index contributed by atoms with van der Waals surface area (Å²) >= 11 is 0. The van der Waals surface area contributed by atoms with Gasteiger partial charge in [0, 0.05) is 5.57 Å². The van der Waals surface area contributed by atoms with E-state index in [2.05, 4.69) is 6.08 Å². The summed E-state index contributed by atoms with van der Waals surface area (Å²) in [7, 11) is 0. The minimum absolute atomic E-state index is 0.107. The van der Waals surface area contributed by atoms with Crippen molar-refractivity contribution in [3.63, 3.8) is 0 Å². The van der Waals surface area contributed by atoms with Crippen LogP contribution < -0.4 is 0 Å². The average Bonchev–Trinajstić information content (AvgIpc) is 2.39. The van der Waals surface area contributed by atoms with Gasteiger partial charge >= 0.3 is 0 Å². The van der Waals surface area contributed by atoms with E-state index in [9.17, 15) is 9.59 Å². The Labute approximate surface area is 113 Å². The van der Waals surface area contributed by atoms with Gasteiger partial charge in [0.2, 0.25) is 0 Å². The van der Waals surface area contributed by atoms with Crippen molar-refractivity contribution in [3.8, 4) is 0 Å². The van der Waals surface area contributed by atoms with Crippen LogP contribution in [0.3, 0.4) is 0 Å². The van der Waals surface area contributed by atoms with E-state index in [1.807, 2.05) is 38.1 Å². The predicted molar refractivity (Wildman–Crippen MR) is 76.7 cm³/mol. The third kappa shape index (κ3) is 3.16. The second kappa shape index (κ2) is 5.61. The molecule has 0 heterocycles. The average molecular weight is 252 g/mol. The van der Waals surface area contributed by atoms with E-state index >= 15 is 0 Å². The van der Waals surface area contributed by atoms with Crippen LogP contribution >= 0.6 is 0 Å². The van der Waals surface area contributed by atoms with Crippen LogP contribution in [0.5, 0.6) is 0 Å². The molecule has 0 bridgehead atoms. The Hall–Kier alpha value is -2.22. The summed E-state index contributed by atoms with van der Waals surface area (Å²) < 4.78 is 0. The lowest BCUT2D eigenvalue weighted by Gasteiger charge is -2.11. The van der Waals surface area contributed by atoms with Crippen molar-refractivity contribution in [2.24, 2.45) is 0 Å². The molecule has 0 unspecified atom stereocenters. The first-order valence-electron chi connectivity index (χ1n) is 6.27. The van der Waals surface area contributed by atoms with Crippen molar-refractivity contribution in [1.82, 2.24) is 0 Å². The molecule has 1 aromatic rings. The van der Waals surface area contributed by atoms with Crippen molar-refractivity contribution in [3.05, 3.63) is 65.3 Å². The highest BCUT2D eigenvalue weighted by molar-refractivity contribution is 6.34. The van der Waals surface area contributed by atoms with Crippen molar-refractivity contribution in [1.29, 1.82) is 0 Å². The second-order valence-corrected chi connectivity index (χ2v) is 4.80. The second-order valence-electron chi connectivity index (χ2n) is 4.80. The van der Waals surface area contributed by atoms with Gasteiger partial charge in [-0.15, -0.1) is 0 Å². The number of hydrogen-bond donors (Lipinski definition) is 0. The number of rotatable bonds is 3. The number of ketones is 2. The van der Waals surface area contributed by atoms with Gasteiger partial charge in [0.1, 0.15) is 0 Å². The monoisotopic (exact) mass is 252 g/mol. The lowest BCUT2D eigenvalue weighted by Crippen LogP contribution is -2.08. The van der Waals surface area contributed by atoms with Crippen LogP contribution in [0.25, 0.3) is 5.57 Å². The van der Waals surface area contributed by atoms with Gasteiger partial charge in [-0.05, 0) is 49.6 Å². The Morgan fingerprint density at radius 3 is 2.58 bits per heavy atom. The quantitative estimate of drug-likeness (QED) is 0.611. The minimum atomic E-state index is -0.133. The van der Waals surface area contributed by atoms with Gasteiger partial charge < -0.3 is 0 Å². The maximum atomic E-state index is 11.9. The molecule has 96 valence electrons. The molecule has 0 radical (unpaired) electrons. The molecule has 1 aliphatic rings. The fourth-order valence-corrected chi connectivity index (χ4v) is 1.99. The number of carbonyl (C=O) groups is 2. The molecule has 2 nitrogen and oxygen atoms in total. The van der Waals surface area contributed by atoms with Crippen LogP contribution in [0.15, 0.2) is 54.1 Å². The maximum Gasteiger partial charge on any atom is 0.186 e. The van der Waals surface area contributed by atoms with Crippen LogP contribution in [-0.2, 0) is 16.0 Å². The molecule has 0 spiro atoms. The zero-order chi connectivity index (χ0) is 13.8. The summed E-state index contributed by atoms with van der Waals surface area (Å²) in [6.45, 7) is 4.08. The maximum absolute atomic E-state index is 11.9. The summed E-state index contributed by atoms with van der Waals surface area (Å²) in [6, 6.07) is 7.72. The molecular weight excluding hydrogens is 236 g/mol. The Kier molecular flexibility index (Phi) is 3.91. The Morgan fingerprint density at radius 2 is 1.84 bits per heavy atom. The Morgan fingerprint density at radius 1 is 1.11 bits per heavy atom. The minimum Gasteiger partial charge on any atom is -0.290 e. The van der Waals surface area contributed by atoms with Crippen molar-refractivity contribution in [2.45, 2.75) is 20.3 Å². The number of carbonyl (C=O) groups excluding carboxylic acids is 2. The van der Waals surface area contributed by atoms with Gasteiger partial charge in [-0.1, -0.05) is 35.9 Å². The van der Waals surface area contributed by atoms with Crippen LogP contribution in [0.4, 0.5) is 0 Å². The van der Waals surface area contributed by atoms with E-state index < -0.39 is 0 Å². The number of benzene rings is 1. The van der Waals surface area contributed by atoms with Gasteiger partial charge in [-0.25, -0.2) is 0 Å². The fourth-order valence-electron chi connectivity index (χ4n) is 1.99. The van der Waals surface area contributed by atoms with Crippen LogP contribution in [0.1, 0.15) is 25.0 Å². The summed E-state index contributed by atoms with van der Waals surface area (Å²) in [5.74, 6) is -0.240. The van der Waals surface area contributed by atoms with Crippen LogP contribution in [0, 0.1) is 0 Å². The van der Waals surface area contributed by atoms with Crippen molar-refractivity contribution < 1.29 is 9.59 Å². The summed E-state index contributed by atoms with van der Waals surface area (Å²) in [5, 5.41) is 0. The third-order valence-corrected chi connectivity index (χ3v) is 2.99. The van der Waals surface area contributed by atoms with Crippen molar-refractivity contribution in [2.75, 3.05) is 0 Å². The van der Waals surface area contributed by atoms with Crippen LogP contribution in [-0.4, -0.2) is 11.6 Å². The van der Waals surface area contributed by atoms with Gasteiger partial charge in [-0.2, -0.15) is 0 Å². The molecule has 0 fully saturated rings. The molecule has 0 saturated heterocycles. The molecule has 2 heteroatoms. The molecule has 0 amide bonds. The molecule has 1 aliphatic carbocycles. The highest BCUT2D eigenvalue weighted by atomic mass is 16.1. The Bertz CT molecular complexity index is 612. The standard InChI is InChI=1S/C17H16O2/c1-12(2)7-8-13-5-3-4-6-15(13)16-11-14(18)9-10-17(16)19/h3-7,9-11H,8H2,1-2H3. The largest absolute Gasteiger partial charge is 0.290 e. The smallest absolute Gasteiger partial charge is 0.186 e. The highest BCUT2D eigenvalue weighted by Crippen LogP contribution is 2.23. The number of hydrogen-bond acceptors (Lipinski definition) is 2. The highest BCUT2D eigenvalue weighted by Gasteiger charge is 2.17. The Balaban J connectivity index is 2.42. The van der Waals surface area contributed by atoms with Gasteiger partial charge in [0.25, 0.3) is 0 Å². The molecule has 0 aromatic heterocycles. The number of allylic oxidation sites excluding steroid dienone is 6. The fraction of sp³-hybridized carbons (Fsp3) is 0.176. The van der Waals surface area contributed by atoms with Gasteiger partial charge in [-0.3, -0.25) is 9.59 Å². The van der Waals surface area contributed by atoms with E-state index in [-0.39, 0.29) is 11.6 Å². The molecule has 0 aliphatic heterocycles. The lowest BCUT2D eigenvalue weighted by molar-refractivity contribution is -0.113. The third-order valence-electron chi connectivity index (χ3n) is 2.99. The SMILES string of the molecule is CC(C)=CCc1ccccc1C1=CC(=O)C=CC1=O. The van der Waals surface area contributed by atoms with Gasteiger partial charge in [0.15, 0.2) is 11.6 Å². The van der Waals surface area contributed by atoms with E-state index in [1.54, 1.807) is 0 Å². The molecule has 19 heavy (non-hydrogen) atoms. The first-order chi connectivity index (χ1) is 9.08. The summed E-state index contributed by atoms with van der Waals surface area (Å²) in [6.07, 6.45) is 6.95.